The lowest BCUT2D eigenvalue weighted by molar-refractivity contribution is -0.139. The average Bonchev–Trinajstić information content (AvgIpc) is 3.42. The van der Waals surface area contributed by atoms with E-state index < -0.39 is 17.7 Å². The highest BCUT2D eigenvalue weighted by Crippen LogP contribution is 2.41. The van der Waals surface area contributed by atoms with Gasteiger partial charge >= 0.3 is 0 Å². The Morgan fingerprint density at radius 1 is 1.21 bits per heavy atom. The third-order valence-electron chi connectivity index (χ3n) is 5.20. The summed E-state index contributed by atoms with van der Waals surface area (Å²) < 4.78 is 0. The number of Topliss-reactive ketones (excluding diaryl/α,β-unsaturated/α-hetero) is 1. The number of aromatic nitrogens is 1. The molecule has 29 heavy (non-hydrogen) atoms. The highest BCUT2D eigenvalue weighted by Gasteiger charge is 2.46. The number of hydrogen-bond acceptors (Lipinski definition) is 5. The van der Waals surface area contributed by atoms with Crippen LogP contribution in [-0.2, 0) is 9.59 Å². The van der Waals surface area contributed by atoms with Gasteiger partial charge in [0.1, 0.15) is 5.76 Å². The monoisotopic (exact) mass is 409 g/mol. The molecule has 0 radical (unpaired) electrons. The van der Waals surface area contributed by atoms with Crippen molar-refractivity contribution in [3.8, 4) is 0 Å². The van der Waals surface area contributed by atoms with Crippen LogP contribution in [-0.4, -0.2) is 58.8 Å². The largest absolute Gasteiger partial charge is 0.507 e. The first-order valence-corrected chi connectivity index (χ1v) is 10.4. The summed E-state index contributed by atoms with van der Waals surface area (Å²) in [4.78, 5) is 33.4. The number of hydrogen-bond donors (Lipinski definition) is 2. The van der Waals surface area contributed by atoms with Gasteiger partial charge in [0.2, 0.25) is 0 Å². The Morgan fingerprint density at radius 2 is 2.00 bits per heavy atom. The van der Waals surface area contributed by atoms with E-state index in [2.05, 4.69) is 4.98 Å². The third kappa shape index (κ3) is 3.47. The number of aromatic amines is 1. The van der Waals surface area contributed by atoms with E-state index >= 15 is 0 Å². The number of likely N-dealkylation sites (tertiary alicyclic amines) is 1. The molecular formula is C22H23N3O3S. The number of aliphatic hydroxyl groups excluding tert-OH is 1. The SMILES string of the molecule is CN(C)CCCN1C(=O)C(=O)C(=C(O)c2c[nH]c3ccccc23)[C@@H]1c1cccs1. The molecule has 2 aromatic heterocycles. The quantitative estimate of drug-likeness (QED) is 0.370. The van der Waals surface area contributed by atoms with Crippen molar-refractivity contribution in [2.45, 2.75) is 12.5 Å². The van der Waals surface area contributed by atoms with Crippen LogP contribution in [0.4, 0.5) is 0 Å². The van der Waals surface area contributed by atoms with Crippen molar-refractivity contribution in [1.29, 1.82) is 0 Å². The van der Waals surface area contributed by atoms with Gasteiger partial charge < -0.3 is 19.9 Å². The zero-order valence-corrected chi connectivity index (χ0v) is 17.2. The Hall–Kier alpha value is -2.90. The Labute approximate surface area is 173 Å². The molecule has 1 atom stereocenters. The molecule has 0 aliphatic carbocycles. The summed E-state index contributed by atoms with van der Waals surface area (Å²) in [5, 5.41) is 13.9. The van der Waals surface area contributed by atoms with Crippen molar-refractivity contribution in [1.82, 2.24) is 14.8 Å². The molecule has 0 unspecified atom stereocenters. The molecule has 0 saturated carbocycles. The molecule has 0 bridgehead atoms. The zero-order valence-electron chi connectivity index (χ0n) is 16.4. The van der Waals surface area contributed by atoms with Gasteiger partial charge in [0, 0.05) is 34.1 Å². The third-order valence-corrected chi connectivity index (χ3v) is 6.13. The summed E-state index contributed by atoms with van der Waals surface area (Å²) in [5.74, 6) is -1.31. The number of amides is 1. The molecule has 150 valence electrons. The first kappa shape index (κ1) is 19.4. The molecule has 1 fully saturated rings. The summed E-state index contributed by atoms with van der Waals surface area (Å²) in [7, 11) is 3.95. The summed E-state index contributed by atoms with van der Waals surface area (Å²) in [6.07, 6.45) is 2.43. The summed E-state index contributed by atoms with van der Waals surface area (Å²) >= 11 is 1.48. The lowest BCUT2D eigenvalue weighted by Gasteiger charge is -2.24. The zero-order chi connectivity index (χ0) is 20.5. The van der Waals surface area contributed by atoms with Gasteiger partial charge in [-0.05, 0) is 44.6 Å². The Morgan fingerprint density at radius 3 is 2.72 bits per heavy atom. The lowest BCUT2D eigenvalue weighted by Crippen LogP contribution is -2.32. The second kappa shape index (κ2) is 7.85. The van der Waals surface area contributed by atoms with Crippen molar-refractivity contribution < 1.29 is 14.7 Å². The number of aliphatic hydroxyl groups is 1. The van der Waals surface area contributed by atoms with E-state index in [4.69, 9.17) is 0 Å². The van der Waals surface area contributed by atoms with E-state index in [0.717, 1.165) is 28.7 Å². The molecular weight excluding hydrogens is 386 g/mol. The molecule has 1 saturated heterocycles. The van der Waals surface area contributed by atoms with Crippen LogP contribution in [0.5, 0.6) is 0 Å². The normalized spacial score (nSPS) is 19.0. The summed E-state index contributed by atoms with van der Waals surface area (Å²) in [5.41, 5.74) is 1.56. The van der Waals surface area contributed by atoms with Crippen molar-refractivity contribution in [3.63, 3.8) is 0 Å². The number of nitrogens with one attached hydrogen (secondary N) is 1. The molecule has 1 amide bonds. The minimum atomic E-state index is -0.629. The number of para-hydroxylation sites is 1. The topological polar surface area (TPSA) is 76.6 Å². The molecule has 0 spiro atoms. The van der Waals surface area contributed by atoms with Crippen LogP contribution in [0.2, 0.25) is 0 Å². The van der Waals surface area contributed by atoms with Gasteiger partial charge in [-0.2, -0.15) is 0 Å². The second-order valence-corrected chi connectivity index (χ2v) is 8.39. The van der Waals surface area contributed by atoms with E-state index in [-0.39, 0.29) is 11.3 Å². The van der Waals surface area contributed by atoms with Gasteiger partial charge in [-0.25, -0.2) is 0 Å². The molecule has 4 rings (SSSR count). The predicted molar refractivity (Wildman–Crippen MR) is 115 cm³/mol. The van der Waals surface area contributed by atoms with Gasteiger partial charge in [-0.15, -0.1) is 11.3 Å². The van der Waals surface area contributed by atoms with Crippen molar-refractivity contribution in [3.05, 3.63) is 64.0 Å². The number of H-pyrrole nitrogens is 1. The molecule has 2 N–H and O–H groups in total. The maximum absolute atomic E-state index is 13.0. The van der Waals surface area contributed by atoms with Crippen LogP contribution in [0.3, 0.4) is 0 Å². The molecule has 1 aliphatic rings. The molecule has 3 heterocycles. The fraction of sp³-hybridized carbons (Fsp3) is 0.273. The number of carbonyl (C=O) groups excluding carboxylic acids is 2. The minimum Gasteiger partial charge on any atom is -0.507 e. The van der Waals surface area contributed by atoms with Crippen molar-refractivity contribution in [2.24, 2.45) is 0 Å². The number of thiophene rings is 1. The molecule has 3 aromatic rings. The van der Waals surface area contributed by atoms with Gasteiger partial charge in [-0.1, -0.05) is 24.3 Å². The smallest absolute Gasteiger partial charge is 0.295 e. The van der Waals surface area contributed by atoms with E-state index in [0.29, 0.717) is 12.1 Å². The number of rotatable bonds is 6. The lowest BCUT2D eigenvalue weighted by atomic mass is 9.99. The maximum atomic E-state index is 13.0. The first-order chi connectivity index (χ1) is 14.0. The van der Waals surface area contributed by atoms with Crippen LogP contribution in [0.25, 0.3) is 16.7 Å². The Kier molecular flexibility index (Phi) is 5.25. The van der Waals surface area contributed by atoms with Gasteiger partial charge in [-0.3, -0.25) is 9.59 Å². The number of carbonyl (C=O) groups is 2. The van der Waals surface area contributed by atoms with E-state index in [1.165, 1.54) is 11.3 Å². The number of nitrogens with zero attached hydrogens (tertiary/aromatic N) is 2. The van der Waals surface area contributed by atoms with Gasteiger partial charge in [0.05, 0.1) is 11.6 Å². The molecule has 7 heteroatoms. The predicted octanol–water partition coefficient (Wildman–Crippen LogP) is 3.60. The van der Waals surface area contributed by atoms with Crippen molar-refractivity contribution in [2.75, 3.05) is 27.2 Å². The summed E-state index contributed by atoms with van der Waals surface area (Å²) in [6, 6.07) is 10.8. The maximum Gasteiger partial charge on any atom is 0.295 e. The van der Waals surface area contributed by atoms with Crippen LogP contribution < -0.4 is 0 Å². The van der Waals surface area contributed by atoms with Gasteiger partial charge in [0.25, 0.3) is 11.7 Å². The van der Waals surface area contributed by atoms with Crippen LogP contribution in [0.1, 0.15) is 22.9 Å². The highest BCUT2D eigenvalue weighted by molar-refractivity contribution is 7.10. The molecule has 1 aromatic carbocycles. The van der Waals surface area contributed by atoms with E-state index in [9.17, 15) is 14.7 Å². The second-order valence-electron chi connectivity index (χ2n) is 7.41. The van der Waals surface area contributed by atoms with E-state index in [1.807, 2.05) is 60.8 Å². The fourth-order valence-corrected chi connectivity index (χ4v) is 4.67. The number of benzene rings is 1. The van der Waals surface area contributed by atoms with Crippen LogP contribution in [0.15, 0.2) is 53.5 Å². The van der Waals surface area contributed by atoms with E-state index in [1.54, 1.807) is 11.1 Å². The van der Waals surface area contributed by atoms with Crippen LogP contribution in [0, 0.1) is 0 Å². The van der Waals surface area contributed by atoms with Crippen molar-refractivity contribution >= 4 is 39.7 Å². The molecule has 6 nitrogen and oxygen atoms in total. The average molecular weight is 410 g/mol. The Bertz CT molecular complexity index is 1080. The molecule has 1 aliphatic heterocycles. The fourth-order valence-electron chi connectivity index (χ4n) is 3.82. The van der Waals surface area contributed by atoms with Gasteiger partial charge in [0.15, 0.2) is 0 Å². The first-order valence-electron chi connectivity index (χ1n) is 9.52. The number of ketones is 1. The Balaban J connectivity index is 1.81. The minimum absolute atomic E-state index is 0.130. The van der Waals surface area contributed by atoms with Crippen LogP contribution >= 0.6 is 11.3 Å². The number of fused-ring (bicyclic) bond motifs is 1. The highest BCUT2D eigenvalue weighted by atomic mass is 32.1. The standard InChI is InChI=1S/C22H23N3O3S/c1-24(2)10-6-11-25-19(17-9-5-12-29-17)18(21(27)22(25)28)20(26)15-13-23-16-8-4-3-7-14(15)16/h3-5,7-9,12-13,19,23,26H,6,10-11H2,1-2H3/t19-/m0/s1. The summed E-state index contributed by atoms with van der Waals surface area (Å²) in [6.45, 7) is 1.26.